The van der Waals surface area contributed by atoms with Gasteiger partial charge < -0.3 is 20.7 Å². The van der Waals surface area contributed by atoms with Crippen LogP contribution < -0.4 is 16.0 Å². The predicted molar refractivity (Wildman–Crippen MR) is 140 cm³/mol. The molecule has 0 bridgehead atoms. The Labute approximate surface area is 207 Å². The molecule has 0 saturated carbocycles. The second-order valence-corrected chi connectivity index (χ2v) is 10.0. The van der Waals surface area contributed by atoms with Crippen LogP contribution in [-0.4, -0.2) is 52.1 Å². The van der Waals surface area contributed by atoms with Crippen LogP contribution in [0.3, 0.4) is 0 Å². The summed E-state index contributed by atoms with van der Waals surface area (Å²) in [4.78, 5) is 11.9. The summed E-state index contributed by atoms with van der Waals surface area (Å²) in [6.45, 7) is 9.80. The SMILES string of the molecule is CC(C)n1ncc2ccc(Nc3cc(N4CC[C@@H](C)[C@H](N)C4)c(C#CC4CCOCC4)cn3)nc21. The molecule has 8 heteroatoms. The molecule has 2 fully saturated rings. The third-order valence-electron chi connectivity index (χ3n) is 7.06. The number of nitrogens with zero attached hydrogens (tertiary/aromatic N) is 5. The van der Waals surface area contributed by atoms with Crippen LogP contribution in [0.5, 0.6) is 0 Å². The van der Waals surface area contributed by atoms with Crippen LogP contribution in [0.2, 0.25) is 0 Å². The molecule has 5 heterocycles. The fourth-order valence-electron chi connectivity index (χ4n) is 4.71. The maximum Gasteiger partial charge on any atom is 0.160 e. The molecule has 2 saturated heterocycles. The molecular formula is C27H35N7O. The van der Waals surface area contributed by atoms with Crippen LogP contribution >= 0.6 is 0 Å². The Morgan fingerprint density at radius 3 is 2.74 bits per heavy atom. The highest BCUT2D eigenvalue weighted by Crippen LogP contribution is 2.29. The lowest BCUT2D eigenvalue weighted by molar-refractivity contribution is 0.0807. The number of fused-ring (bicyclic) bond motifs is 1. The van der Waals surface area contributed by atoms with Crippen LogP contribution in [0, 0.1) is 23.7 Å². The smallest absolute Gasteiger partial charge is 0.160 e. The van der Waals surface area contributed by atoms with Gasteiger partial charge in [0.05, 0.1) is 17.4 Å². The number of nitrogens with one attached hydrogen (secondary N) is 1. The van der Waals surface area contributed by atoms with E-state index in [1.807, 2.05) is 29.2 Å². The lowest BCUT2D eigenvalue weighted by Crippen LogP contribution is -2.47. The summed E-state index contributed by atoms with van der Waals surface area (Å²) in [7, 11) is 0. The molecule has 2 aliphatic heterocycles. The number of aromatic nitrogens is 4. The van der Waals surface area contributed by atoms with Crippen molar-refractivity contribution < 1.29 is 4.74 Å². The molecule has 0 aromatic carbocycles. The van der Waals surface area contributed by atoms with E-state index >= 15 is 0 Å². The van der Waals surface area contributed by atoms with Gasteiger partial charge in [0, 0.05) is 62.0 Å². The second-order valence-electron chi connectivity index (χ2n) is 10.0. The van der Waals surface area contributed by atoms with Gasteiger partial charge in [-0.3, -0.25) is 0 Å². The molecule has 8 nitrogen and oxygen atoms in total. The van der Waals surface area contributed by atoms with Crippen LogP contribution in [0.15, 0.2) is 30.6 Å². The molecule has 2 aliphatic rings. The highest BCUT2D eigenvalue weighted by Gasteiger charge is 2.25. The van der Waals surface area contributed by atoms with E-state index in [4.69, 9.17) is 20.4 Å². The Balaban J connectivity index is 1.45. The minimum atomic E-state index is 0.144. The number of hydrogen-bond acceptors (Lipinski definition) is 7. The lowest BCUT2D eigenvalue weighted by Gasteiger charge is -2.37. The summed E-state index contributed by atoms with van der Waals surface area (Å²) in [5.41, 5.74) is 9.34. The molecule has 5 rings (SSSR count). The van der Waals surface area contributed by atoms with E-state index in [2.05, 4.69) is 54.0 Å². The van der Waals surface area contributed by atoms with Crippen molar-refractivity contribution in [3.63, 3.8) is 0 Å². The Morgan fingerprint density at radius 2 is 1.97 bits per heavy atom. The summed E-state index contributed by atoms with van der Waals surface area (Å²) in [6.07, 6.45) is 6.78. The highest BCUT2D eigenvalue weighted by atomic mass is 16.5. The number of piperidine rings is 1. The van der Waals surface area contributed by atoms with Crippen LogP contribution in [-0.2, 0) is 4.74 Å². The first-order valence-electron chi connectivity index (χ1n) is 12.7. The molecule has 3 aromatic heterocycles. The monoisotopic (exact) mass is 473 g/mol. The first kappa shape index (κ1) is 23.6. The van der Waals surface area contributed by atoms with Crippen molar-refractivity contribution in [1.29, 1.82) is 0 Å². The average Bonchev–Trinajstić information content (AvgIpc) is 3.29. The zero-order chi connectivity index (χ0) is 24.4. The van der Waals surface area contributed by atoms with E-state index in [1.165, 1.54) is 0 Å². The molecule has 3 aromatic rings. The zero-order valence-corrected chi connectivity index (χ0v) is 20.9. The maximum atomic E-state index is 6.45. The van der Waals surface area contributed by atoms with E-state index in [-0.39, 0.29) is 12.1 Å². The summed E-state index contributed by atoms with van der Waals surface area (Å²) < 4.78 is 7.42. The van der Waals surface area contributed by atoms with Crippen molar-refractivity contribution in [1.82, 2.24) is 19.7 Å². The first-order valence-corrected chi connectivity index (χ1v) is 12.7. The van der Waals surface area contributed by atoms with Crippen molar-refractivity contribution in [3.8, 4) is 11.8 Å². The van der Waals surface area contributed by atoms with Gasteiger partial charge in [-0.25, -0.2) is 14.6 Å². The van der Waals surface area contributed by atoms with E-state index < -0.39 is 0 Å². The molecule has 2 atom stereocenters. The molecule has 0 aliphatic carbocycles. The van der Waals surface area contributed by atoms with Crippen LogP contribution in [0.4, 0.5) is 17.3 Å². The van der Waals surface area contributed by atoms with Gasteiger partial charge in [-0.1, -0.05) is 18.8 Å². The number of nitrogens with two attached hydrogens (primary N) is 1. The summed E-state index contributed by atoms with van der Waals surface area (Å²) >= 11 is 0. The number of hydrogen-bond donors (Lipinski definition) is 2. The summed E-state index contributed by atoms with van der Waals surface area (Å²) in [6, 6.07) is 6.47. The Bertz CT molecular complexity index is 1240. The van der Waals surface area contributed by atoms with Crippen molar-refractivity contribution in [2.45, 2.75) is 52.1 Å². The standard InChI is InChI=1S/C27H35N7O/c1-18(2)34-27-22(16-30-34)6-7-25(32-27)31-26-14-24(33-11-8-19(3)23(28)17-33)21(15-29-26)5-4-20-9-12-35-13-10-20/h6-7,14-16,18-20,23H,8-13,17,28H2,1-3H3,(H,29,31,32)/t19-,23-/m1/s1. The van der Waals surface area contributed by atoms with Crippen LogP contribution in [0.1, 0.15) is 51.6 Å². The number of ether oxygens (including phenoxy) is 1. The number of pyridine rings is 2. The van der Waals surface area contributed by atoms with E-state index in [1.54, 1.807) is 0 Å². The maximum absolute atomic E-state index is 6.45. The Morgan fingerprint density at radius 1 is 1.14 bits per heavy atom. The van der Waals surface area contributed by atoms with Gasteiger partial charge in [0.1, 0.15) is 11.6 Å². The molecule has 35 heavy (non-hydrogen) atoms. The van der Waals surface area contributed by atoms with Gasteiger partial charge in [0.25, 0.3) is 0 Å². The second kappa shape index (κ2) is 10.2. The fraction of sp³-hybridized carbons (Fsp3) is 0.519. The van der Waals surface area contributed by atoms with Gasteiger partial charge in [0.15, 0.2) is 5.65 Å². The molecule has 0 amide bonds. The summed E-state index contributed by atoms with van der Waals surface area (Å²) in [5, 5.41) is 8.89. The van der Waals surface area contributed by atoms with Gasteiger partial charge in [-0.15, -0.1) is 0 Å². The quantitative estimate of drug-likeness (QED) is 0.551. The minimum Gasteiger partial charge on any atom is -0.381 e. The molecule has 184 valence electrons. The largest absolute Gasteiger partial charge is 0.381 e. The third-order valence-corrected chi connectivity index (χ3v) is 7.06. The van der Waals surface area contributed by atoms with Crippen molar-refractivity contribution in [3.05, 3.63) is 36.2 Å². The van der Waals surface area contributed by atoms with Gasteiger partial charge >= 0.3 is 0 Å². The lowest BCUT2D eigenvalue weighted by atomic mass is 9.93. The zero-order valence-electron chi connectivity index (χ0n) is 20.9. The molecular weight excluding hydrogens is 438 g/mol. The van der Waals surface area contributed by atoms with E-state index in [0.717, 1.165) is 79.5 Å². The topological polar surface area (TPSA) is 94.1 Å². The van der Waals surface area contributed by atoms with Crippen molar-refractivity contribution >= 4 is 28.4 Å². The van der Waals surface area contributed by atoms with Crippen LogP contribution in [0.25, 0.3) is 11.0 Å². The highest BCUT2D eigenvalue weighted by molar-refractivity contribution is 5.77. The predicted octanol–water partition coefficient (Wildman–Crippen LogP) is 4.10. The first-order chi connectivity index (χ1) is 17.0. The van der Waals surface area contributed by atoms with Gasteiger partial charge in [-0.05, 0) is 51.2 Å². The third kappa shape index (κ3) is 5.26. The normalized spacial score (nSPS) is 21.2. The Kier molecular flexibility index (Phi) is 6.89. The van der Waals surface area contributed by atoms with Crippen molar-refractivity contribution in [2.75, 3.05) is 36.5 Å². The van der Waals surface area contributed by atoms with E-state index in [9.17, 15) is 0 Å². The number of anilines is 3. The summed E-state index contributed by atoms with van der Waals surface area (Å²) in [5.74, 6) is 9.28. The van der Waals surface area contributed by atoms with Gasteiger partial charge in [-0.2, -0.15) is 5.10 Å². The van der Waals surface area contributed by atoms with E-state index in [0.29, 0.717) is 11.8 Å². The number of rotatable bonds is 4. The van der Waals surface area contributed by atoms with Crippen molar-refractivity contribution in [2.24, 2.45) is 17.6 Å². The molecule has 0 spiro atoms. The fourth-order valence-corrected chi connectivity index (χ4v) is 4.71. The van der Waals surface area contributed by atoms with Gasteiger partial charge in [0.2, 0.25) is 0 Å². The minimum absolute atomic E-state index is 0.144. The Hall–Kier alpha value is -3.15. The molecule has 0 radical (unpaired) electrons. The molecule has 3 N–H and O–H groups in total. The molecule has 0 unspecified atom stereocenters. The average molecular weight is 474 g/mol.